The van der Waals surface area contributed by atoms with Gasteiger partial charge in [-0.15, -0.1) is 0 Å². The van der Waals surface area contributed by atoms with Crippen LogP contribution in [0.2, 0.25) is 24.7 Å². The van der Waals surface area contributed by atoms with Crippen molar-refractivity contribution in [2.45, 2.75) is 64.5 Å². The fraction of sp³-hybridized carbons (Fsp3) is 0.556. The molecule has 0 fully saturated rings. The van der Waals surface area contributed by atoms with Gasteiger partial charge in [0.1, 0.15) is 0 Å². The van der Waals surface area contributed by atoms with Crippen molar-refractivity contribution in [3.8, 4) is 0 Å². The SMILES string of the molecule is CCCC(O)C/C(=C/[Si](C)(C)C)CC(O)c1ccc(Cl)cc1. The summed E-state index contributed by atoms with van der Waals surface area (Å²) in [7, 11) is -1.39. The molecule has 0 aliphatic carbocycles. The van der Waals surface area contributed by atoms with Crippen molar-refractivity contribution in [3.63, 3.8) is 0 Å². The average Bonchev–Trinajstić information content (AvgIpc) is 2.37. The second-order valence-electron chi connectivity index (χ2n) is 7.09. The van der Waals surface area contributed by atoms with Gasteiger partial charge >= 0.3 is 0 Å². The first-order chi connectivity index (χ1) is 10.2. The van der Waals surface area contributed by atoms with Crippen molar-refractivity contribution in [3.05, 3.63) is 46.1 Å². The first kappa shape index (κ1) is 19.4. The molecule has 0 heterocycles. The third kappa shape index (κ3) is 7.59. The number of aliphatic hydroxyl groups excluding tert-OH is 2. The monoisotopic (exact) mass is 340 g/mol. The molecule has 0 saturated carbocycles. The van der Waals surface area contributed by atoms with Crippen LogP contribution in [0.3, 0.4) is 0 Å². The predicted molar refractivity (Wildman–Crippen MR) is 98.0 cm³/mol. The summed E-state index contributed by atoms with van der Waals surface area (Å²) < 4.78 is 0. The highest BCUT2D eigenvalue weighted by atomic mass is 35.5. The Hall–Kier alpha value is -0.613. The van der Waals surface area contributed by atoms with E-state index < -0.39 is 14.2 Å². The molecule has 0 amide bonds. The lowest BCUT2D eigenvalue weighted by molar-refractivity contribution is 0.150. The molecule has 2 unspecified atom stereocenters. The van der Waals surface area contributed by atoms with Crippen LogP contribution in [0.5, 0.6) is 0 Å². The Kier molecular flexibility index (Phi) is 7.84. The zero-order valence-corrected chi connectivity index (χ0v) is 15.9. The first-order valence-electron chi connectivity index (χ1n) is 8.03. The van der Waals surface area contributed by atoms with Gasteiger partial charge in [0.15, 0.2) is 0 Å². The van der Waals surface area contributed by atoms with E-state index in [1.54, 1.807) is 12.1 Å². The van der Waals surface area contributed by atoms with Gasteiger partial charge in [-0.3, -0.25) is 0 Å². The molecule has 1 aromatic rings. The largest absolute Gasteiger partial charge is 0.393 e. The van der Waals surface area contributed by atoms with E-state index in [9.17, 15) is 10.2 Å². The summed E-state index contributed by atoms with van der Waals surface area (Å²) >= 11 is 5.89. The van der Waals surface area contributed by atoms with Gasteiger partial charge < -0.3 is 10.2 Å². The minimum absolute atomic E-state index is 0.315. The van der Waals surface area contributed by atoms with Crippen LogP contribution in [-0.2, 0) is 0 Å². The number of rotatable bonds is 8. The molecule has 2 atom stereocenters. The molecule has 2 N–H and O–H groups in total. The van der Waals surface area contributed by atoms with Gasteiger partial charge in [-0.05, 0) is 37.0 Å². The summed E-state index contributed by atoms with van der Waals surface area (Å²) in [5.41, 5.74) is 4.35. The van der Waals surface area contributed by atoms with E-state index in [1.807, 2.05) is 12.1 Å². The van der Waals surface area contributed by atoms with E-state index in [-0.39, 0.29) is 6.10 Å². The summed E-state index contributed by atoms with van der Waals surface area (Å²) in [4.78, 5) is 0. The maximum atomic E-state index is 10.5. The summed E-state index contributed by atoms with van der Waals surface area (Å²) in [6, 6.07) is 7.32. The molecule has 1 aromatic carbocycles. The summed E-state index contributed by atoms with van der Waals surface area (Å²) in [6.07, 6.45) is 2.15. The number of halogens is 1. The van der Waals surface area contributed by atoms with Gasteiger partial charge in [-0.25, -0.2) is 0 Å². The number of hydrogen-bond acceptors (Lipinski definition) is 2. The Bertz CT molecular complexity index is 477. The van der Waals surface area contributed by atoms with E-state index in [0.717, 1.165) is 18.4 Å². The van der Waals surface area contributed by atoms with Crippen molar-refractivity contribution in [2.24, 2.45) is 0 Å². The molecule has 22 heavy (non-hydrogen) atoms. The van der Waals surface area contributed by atoms with E-state index in [0.29, 0.717) is 17.9 Å². The standard InChI is InChI=1S/C18H29ClO2Si/c1-5-6-17(20)11-14(13-22(2,3)4)12-18(21)15-7-9-16(19)10-8-15/h7-10,13,17-18,20-21H,5-6,11-12H2,1-4H3/b14-13-. The van der Waals surface area contributed by atoms with Gasteiger partial charge in [0.05, 0.1) is 20.3 Å². The van der Waals surface area contributed by atoms with Crippen LogP contribution in [0.1, 0.15) is 44.3 Å². The third-order valence-electron chi connectivity index (χ3n) is 3.47. The van der Waals surface area contributed by atoms with Gasteiger partial charge in [-0.2, -0.15) is 0 Å². The third-order valence-corrected chi connectivity index (χ3v) is 4.99. The Morgan fingerprint density at radius 1 is 1.14 bits per heavy atom. The van der Waals surface area contributed by atoms with Crippen molar-refractivity contribution in [1.29, 1.82) is 0 Å². The Morgan fingerprint density at radius 3 is 2.23 bits per heavy atom. The summed E-state index contributed by atoms with van der Waals surface area (Å²) in [5.74, 6) is 0. The molecule has 0 saturated heterocycles. The first-order valence-corrected chi connectivity index (χ1v) is 12.0. The molecule has 0 spiro atoms. The number of hydrogen-bond donors (Lipinski definition) is 2. The van der Waals surface area contributed by atoms with E-state index in [1.165, 1.54) is 5.57 Å². The molecule has 0 bridgehead atoms. The summed E-state index contributed by atoms with van der Waals surface area (Å²) in [5, 5.41) is 21.3. The van der Waals surface area contributed by atoms with E-state index in [2.05, 4.69) is 32.3 Å². The molecule has 0 aliphatic rings. The quantitative estimate of drug-likeness (QED) is 0.645. The molecule has 0 aliphatic heterocycles. The molecular formula is C18H29ClO2Si. The van der Waals surface area contributed by atoms with Crippen LogP contribution in [0, 0.1) is 0 Å². The molecule has 0 radical (unpaired) electrons. The minimum atomic E-state index is -1.39. The maximum Gasteiger partial charge on any atom is 0.0827 e. The maximum absolute atomic E-state index is 10.5. The lowest BCUT2D eigenvalue weighted by Gasteiger charge is -2.20. The highest BCUT2D eigenvalue weighted by Gasteiger charge is 2.17. The second-order valence-corrected chi connectivity index (χ2v) is 12.5. The van der Waals surface area contributed by atoms with Crippen LogP contribution >= 0.6 is 11.6 Å². The van der Waals surface area contributed by atoms with Crippen LogP contribution < -0.4 is 0 Å². The topological polar surface area (TPSA) is 40.5 Å². The Morgan fingerprint density at radius 2 is 1.73 bits per heavy atom. The van der Waals surface area contributed by atoms with Crippen LogP contribution in [0.15, 0.2) is 35.5 Å². The number of aliphatic hydroxyl groups is 2. The Balaban J connectivity index is 2.83. The Labute approximate surface area is 140 Å². The van der Waals surface area contributed by atoms with E-state index in [4.69, 9.17) is 11.6 Å². The molecule has 4 heteroatoms. The summed E-state index contributed by atoms with van der Waals surface area (Å²) in [6.45, 7) is 8.89. The zero-order valence-electron chi connectivity index (χ0n) is 14.1. The second kappa shape index (κ2) is 8.87. The van der Waals surface area contributed by atoms with Gasteiger partial charge in [-0.1, -0.05) is 68.0 Å². The highest BCUT2D eigenvalue weighted by Crippen LogP contribution is 2.27. The van der Waals surface area contributed by atoms with Crippen molar-refractivity contribution < 1.29 is 10.2 Å². The van der Waals surface area contributed by atoms with E-state index >= 15 is 0 Å². The van der Waals surface area contributed by atoms with Gasteiger partial charge in [0, 0.05) is 5.02 Å². The zero-order chi connectivity index (χ0) is 16.8. The van der Waals surface area contributed by atoms with Gasteiger partial charge in [0.25, 0.3) is 0 Å². The highest BCUT2D eigenvalue weighted by molar-refractivity contribution is 6.81. The van der Waals surface area contributed by atoms with Crippen LogP contribution in [0.4, 0.5) is 0 Å². The lowest BCUT2D eigenvalue weighted by atomic mass is 9.97. The minimum Gasteiger partial charge on any atom is -0.393 e. The molecule has 124 valence electrons. The lowest BCUT2D eigenvalue weighted by Crippen LogP contribution is -2.19. The van der Waals surface area contributed by atoms with Crippen LogP contribution in [0.25, 0.3) is 0 Å². The normalized spacial score (nSPS) is 15.7. The molecule has 1 rings (SSSR count). The fourth-order valence-electron chi connectivity index (χ4n) is 2.60. The average molecular weight is 341 g/mol. The predicted octanol–water partition coefficient (Wildman–Crippen LogP) is 5.12. The van der Waals surface area contributed by atoms with Crippen molar-refractivity contribution in [1.82, 2.24) is 0 Å². The molecule has 0 aromatic heterocycles. The molecule has 2 nitrogen and oxygen atoms in total. The van der Waals surface area contributed by atoms with Crippen molar-refractivity contribution >= 4 is 19.7 Å². The fourth-order valence-corrected chi connectivity index (χ4v) is 4.19. The van der Waals surface area contributed by atoms with Crippen LogP contribution in [-0.4, -0.2) is 24.4 Å². The smallest absolute Gasteiger partial charge is 0.0827 e. The van der Waals surface area contributed by atoms with Gasteiger partial charge in [0.2, 0.25) is 0 Å². The molecular weight excluding hydrogens is 312 g/mol. The van der Waals surface area contributed by atoms with Crippen molar-refractivity contribution in [2.75, 3.05) is 0 Å². The number of benzene rings is 1.